The summed E-state index contributed by atoms with van der Waals surface area (Å²) in [7, 11) is 2.88. The molecule has 0 spiro atoms. The second-order valence-electron chi connectivity index (χ2n) is 10.8. The van der Waals surface area contributed by atoms with Crippen LogP contribution < -0.4 is 14.4 Å². The van der Waals surface area contributed by atoms with Gasteiger partial charge in [-0.05, 0) is 61.6 Å². The lowest BCUT2D eigenvalue weighted by atomic mass is 9.60. The normalized spacial score (nSPS) is 25.6. The third-order valence-electron chi connectivity index (χ3n) is 8.61. The van der Waals surface area contributed by atoms with Crippen LogP contribution >= 0.6 is 0 Å². The average molecular weight is 552 g/mol. The Kier molecular flexibility index (Phi) is 6.49. The van der Waals surface area contributed by atoms with E-state index < -0.39 is 23.7 Å². The van der Waals surface area contributed by atoms with Crippen molar-refractivity contribution in [2.45, 2.75) is 19.8 Å². The lowest BCUT2D eigenvalue weighted by Crippen LogP contribution is -2.40. The molecule has 41 heavy (non-hydrogen) atoms. The van der Waals surface area contributed by atoms with Crippen molar-refractivity contribution < 1.29 is 33.8 Å². The van der Waals surface area contributed by atoms with Crippen LogP contribution in [0.4, 0.5) is 5.69 Å². The Labute approximate surface area is 237 Å². The largest absolute Gasteiger partial charge is 0.502 e. The summed E-state index contributed by atoms with van der Waals surface area (Å²) in [4.78, 5) is 55.4. The Morgan fingerprint density at radius 3 is 2.29 bits per heavy atom. The fraction of sp³-hybridized carbons (Fsp3) is 0.273. The van der Waals surface area contributed by atoms with Crippen LogP contribution in [0.2, 0.25) is 0 Å². The Morgan fingerprint density at radius 1 is 0.951 bits per heavy atom. The molecule has 1 aliphatic heterocycles. The molecule has 0 saturated carbocycles. The number of amides is 2. The molecule has 0 aromatic heterocycles. The number of nitrogens with zero attached hydrogens (tertiary/aromatic N) is 1. The van der Waals surface area contributed by atoms with Crippen molar-refractivity contribution in [1.82, 2.24) is 0 Å². The molecule has 208 valence electrons. The van der Waals surface area contributed by atoms with Gasteiger partial charge in [0.1, 0.15) is 0 Å². The highest BCUT2D eigenvalue weighted by molar-refractivity contribution is 6.24. The first-order valence-corrected chi connectivity index (χ1v) is 13.5. The van der Waals surface area contributed by atoms with Gasteiger partial charge in [-0.2, -0.15) is 0 Å². The summed E-state index contributed by atoms with van der Waals surface area (Å²) < 4.78 is 10.6. The molecule has 2 amide bonds. The van der Waals surface area contributed by atoms with Crippen LogP contribution in [-0.2, 0) is 19.2 Å². The number of phenolic OH excluding ortho intramolecular Hbond substituents is 1. The van der Waals surface area contributed by atoms with E-state index in [0.717, 1.165) is 5.57 Å². The first-order valence-electron chi connectivity index (χ1n) is 13.5. The van der Waals surface area contributed by atoms with Crippen LogP contribution in [0.25, 0.3) is 6.08 Å². The molecule has 3 aliphatic carbocycles. The molecule has 0 bridgehead atoms. The first kappa shape index (κ1) is 26.5. The van der Waals surface area contributed by atoms with Crippen molar-refractivity contribution in [2.75, 3.05) is 19.1 Å². The monoisotopic (exact) mass is 551 g/mol. The molecular weight excluding hydrogens is 522 g/mol. The third-order valence-corrected chi connectivity index (χ3v) is 8.61. The molecule has 2 aromatic rings. The van der Waals surface area contributed by atoms with Crippen LogP contribution in [0, 0.1) is 23.7 Å². The predicted octanol–water partition coefficient (Wildman–Crippen LogP) is 4.59. The number of para-hydroxylation sites is 1. The van der Waals surface area contributed by atoms with Gasteiger partial charge in [-0.25, -0.2) is 0 Å². The fourth-order valence-electron chi connectivity index (χ4n) is 6.71. The molecule has 1 N–H and O–H groups in total. The number of fused-ring (bicyclic) bond motifs is 3. The van der Waals surface area contributed by atoms with Crippen molar-refractivity contribution in [1.29, 1.82) is 0 Å². The molecule has 6 rings (SSSR count). The van der Waals surface area contributed by atoms with Gasteiger partial charge in [-0.3, -0.25) is 24.1 Å². The average Bonchev–Trinajstić information content (AvgIpc) is 3.24. The van der Waals surface area contributed by atoms with Gasteiger partial charge in [0.25, 0.3) is 0 Å². The number of aromatic hydroxyl groups is 1. The molecule has 8 nitrogen and oxygen atoms in total. The standard InChI is InChI=1S/C33H29NO7/c1-17-13-25(35)28-21(10-9-18-14-26(40-2)31(37)27(15-18)41-3)20-11-12-22-29(23(20)16-24(28)30(17)36)33(39)34(32(22)38)19-7-5-4-6-8-19/h4-11,13-15,21-23,29,37H,12,16H2,1-3H3/t21-,22-,23+,29-/m0/s1. The van der Waals surface area contributed by atoms with E-state index in [-0.39, 0.29) is 47.1 Å². The van der Waals surface area contributed by atoms with Gasteiger partial charge in [-0.15, -0.1) is 0 Å². The van der Waals surface area contributed by atoms with Gasteiger partial charge in [0.15, 0.2) is 23.1 Å². The maximum Gasteiger partial charge on any atom is 0.238 e. The lowest BCUT2D eigenvalue weighted by molar-refractivity contribution is -0.123. The number of hydrogen-bond donors (Lipinski definition) is 1. The van der Waals surface area contributed by atoms with Crippen LogP contribution in [0.3, 0.4) is 0 Å². The van der Waals surface area contributed by atoms with Crippen molar-refractivity contribution in [3.8, 4) is 17.2 Å². The summed E-state index contributed by atoms with van der Waals surface area (Å²) in [5.74, 6) is -2.75. The number of methoxy groups -OCH3 is 2. The van der Waals surface area contributed by atoms with E-state index in [1.807, 2.05) is 18.2 Å². The van der Waals surface area contributed by atoms with E-state index in [0.29, 0.717) is 34.4 Å². The van der Waals surface area contributed by atoms with Crippen LogP contribution in [0.5, 0.6) is 17.2 Å². The zero-order chi connectivity index (χ0) is 29.0. The van der Waals surface area contributed by atoms with Crippen molar-refractivity contribution in [3.05, 3.63) is 88.5 Å². The first-order chi connectivity index (χ1) is 19.7. The number of allylic oxidation sites excluding steroid dienone is 7. The van der Waals surface area contributed by atoms with E-state index in [2.05, 4.69) is 0 Å². The minimum absolute atomic E-state index is 0.128. The van der Waals surface area contributed by atoms with E-state index >= 15 is 0 Å². The summed E-state index contributed by atoms with van der Waals surface area (Å²) in [5, 5.41) is 10.3. The second kappa shape index (κ2) is 10.0. The SMILES string of the molecule is COc1cc(C=C[C@H]2C3=CC[C@@H]4C(=O)N(c5ccccc5)C(=O)[C@@H]4[C@@H]3CC3=C2C(=O)C=C(C)C3=O)cc(OC)c1O. The number of rotatable bonds is 5. The number of carbonyl (C=O) groups excluding carboxylic acids is 4. The number of Topliss-reactive ketones (excluding diaryl/α,β-unsaturated/α-hetero) is 1. The highest BCUT2D eigenvalue weighted by Crippen LogP contribution is 2.53. The van der Waals surface area contributed by atoms with E-state index in [4.69, 9.17) is 9.47 Å². The van der Waals surface area contributed by atoms with E-state index in [9.17, 15) is 24.3 Å². The molecule has 8 heteroatoms. The number of benzene rings is 2. The minimum atomic E-state index is -0.629. The summed E-state index contributed by atoms with van der Waals surface area (Å²) in [6.07, 6.45) is 7.58. The molecule has 4 aliphatic rings. The smallest absolute Gasteiger partial charge is 0.238 e. The zero-order valence-corrected chi connectivity index (χ0v) is 22.9. The molecule has 2 aromatic carbocycles. The maximum atomic E-state index is 13.9. The maximum absolute atomic E-state index is 13.9. The van der Waals surface area contributed by atoms with Gasteiger partial charge in [0.05, 0.1) is 31.7 Å². The number of imide groups is 1. The number of hydrogen-bond acceptors (Lipinski definition) is 7. The Balaban J connectivity index is 1.44. The number of ketones is 2. The Morgan fingerprint density at radius 2 is 1.63 bits per heavy atom. The minimum Gasteiger partial charge on any atom is -0.502 e. The summed E-state index contributed by atoms with van der Waals surface area (Å²) in [6, 6.07) is 12.2. The van der Waals surface area contributed by atoms with Gasteiger partial charge in [0.2, 0.25) is 17.6 Å². The third kappa shape index (κ3) is 4.13. The number of carbonyl (C=O) groups is 4. The summed E-state index contributed by atoms with van der Waals surface area (Å²) in [5.41, 5.74) is 3.23. The molecular formula is C33H29NO7. The van der Waals surface area contributed by atoms with E-state index in [1.54, 1.807) is 49.4 Å². The number of anilines is 1. The highest BCUT2D eigenvalue weighted by Gasteiger charge is 2.56. The summed E-state index contributed by atoms with van der Waals surface area (Å²) >= 11 is 0. The molecule has 1 saturated heterocycles. The van der Waals surface area contributed by atoms with Crippen molar-refractivity contribution >= 4 is 35.1 Å². The number of phenols is 1. The molecule has 1 heterocycles. The molecule has 0 unspecified atom stereocenters. The van der Waals surface area contributed by atoms with Crippen LogP contribution in [-0.4, -0.2) is 42.7 Å². The Hall–Kier alpha value is -4.72. The summed E-state index contributed by atoms with van der Waals surface area (Å²) in [6.45, 7) is 1.63. The fourth-order valence-corrected chi connectivity index (χ4v) is 6.71. The molecule has 1 fully saturated rings. The topological polar surface area (TPSA) is 110 Å². The van der Waals surface area contributed by atoms with Gasteiger partial charge < -0.3 is 14.6 Å². The van der Waals surface area contributed by atoms with Gasteiger partial charge in [0, 0.05) is 22.6 Å². The second-order valence-corrected chi connectivity index (χ2v) is 10.8. The van der Waals surface area contributed by atoms with Crippen LogP contribution in [0.15, 0.2) is 83.0 Å². The zero-order valence-electron chi connectivity index (χ0n) is 22.9. The highest BCUT2D eigenvalue weighted by atomic mass is 16.5. The van der Waals surface area contributed by atoms with Crippen molar-refractivity contribution in [2.24, 2.45) is 23.7 Å². The van der Waals surface area contributed by atoms with E-state index in [1.165, 1.54) is 25.2 Å². The molecule has 4 atom stereocenters. The van der Waals surface area contributed by atoms with Gasteiger partial charge >= 0.3 is 0 Å². The predicted molar refractivity (Wildman–Crippen MR) is 151 cm³/mol. The quantitative estimate of drug-likeness (QED) is 0.329. The number of ether oxygens (including phenoxy) is 2. The lowest BCUT2D eigenvalue weighted by Gasteiger charge is -2.41. The Bertz CT molecular complexity index is 1600. The van der Waals surface area contributed by atoms with Crippen LogP contribution in [0.1, 0.15) is 25.3 Å². The van der Waals surface area contributed by atoms with Crippen molar-refractivity contribution in [3.63, 3.8) is 0 Å². The van der Waals surface area contributed by atoms with Gasteiger partial charge in [-0.1, -0.05) is 42.0 Å². The molecule has 0 radical (unpaired) electrons.